The largest absolute Gasteiger partial charge is 0.478 e. The highest BCUT2D eigenvalue weighted by Gasteiger charge is 2.34. The van der Waals surface area contributed by atoms with E-state index in [9.17, 15) is 14.4 Å². The van der Waals surface area contributed by atoms with E-state index >= 15 is 0 Å². The lowest BCUT2D eigenvalue weighted by molar-refractivity contribution is -0.122. The van der Waals surface area contributed by atoms with Crippen LogP contribution in [0.5, 0.6) is 0 Å². The smallest absolute Gasteiger partial charge is 0.337 e. The molecular weight excluding hydrogens is 378 g/mol. The number of halogens is 1. The highest BCUT2D eigenvalue weighted by atomic mass is 35.5. The maximum absolute atomic E-state index is 12.2. The number of rotatable bonds is 5. The van der Waals surface area contributed by atoms with Crippen molar-refractivity contribution in [3.05, 3.63) is 64.2 Å². The van der Waals surface area contributed by atoms with Gasteiger partial charge in [-0.25, -0.2) is 4.79 Å². The van der Waals surface area contributed by atoms with Crippen LogP contribution in [0, 0.1) is 0 Å². The lowest BCUT2D eigenvalue weighted by Crippen LogP contribution is -2.27. The Bertz CT molecular complexity index is 962. The van der Waals surface area contributed by atoms with Gasteiger partial charge in [0.25, 0.3) is 11.1 Å². The van der Waals surface area contributed by atoms with Gasteiger partial charge in [0.05, 0.1) is 15.5 Å². The molecule has 2 amide bonds. The monoisotopic (exact) mass is 389 g/mol. The molecule has 1 N–H and O–H groups in total. The van der Waals surface area contributed by atoms with Gasteiger partial charge in [-0.1, -0.05) is 23.7 Å². The Morgan fingerprint density at radius 1 is 1.31 bits per heavy atom. The Labute approximate surface area is 157 Å². The molecule has 1 aliphatic rings. The van der Waals surface area contributed by atoms with E-state index in [0.29, 0.717) is 17.1 Å². The molecule has 3 rings (SSSR count). The maximum atomic E-state index is 12.2. The number of carbonyl (C=O) groups excluding carboxylic acids is 2. The summed E-state index contributed by atoms with van der Waals surface area (Å²) in [6.07, 6.45) is 2.97. The van der Waals surface area contributed by atoms with Crippen molar-refractivity contribution in [3.8, 4) is 11.3 Å². The minimum atomic E-state index is -1.11. The van der Waals surface area contributed by atoms with Gasteiger partial charge in [-0.2, -0.15) is 0 Å². The summed E-state index contributed by atoms with van der Waals surface area (Å²) < 4.78 is 5.67. The fourth-order valence-corrected chi connectivity index (χ4v) is 3.43. The number of aromatic carboxylic acids is 1. The summed E-state index contributed by atoms with van der Waals surface area (Å²) in [6, 6.07) is 7.78. The van der Waals surface area contributed by atoms with Crippen molar-refractivity contribution in [1.29, 1.82) is 0 Å². The molecule has 1 saturated heterocycles. The minimum Gasteiger partial charge on any atom is -0.478 e. The van der Waals surface area contributed by atoms with E-state index in [2.05, 4.69) is 6.58 Å². The zero-order valence-electron chi connectivity index (χ0n) is 13.3. The van der Waals surface area contributed by atoms with Crippen LogP contribution in [0.1, 0.15) is 16.1 Å². The summed E-state index contributed by atoms with van der Waals surface area (Å²) >= 11 is 6.80. The predicted octanol–water partition coefficient (Wildman–Crippen LogP) is 4.52. The van der Waals surface area contributed by atoms with E-state index in [-0.39, 0.29) is 27.3 Å². The van der Waals surface area contributed by atoms with Crippen LogP contribution in [0.25, 0.3) is 17.4 Å². The van der Waals surface area contributed by atoms with Crippen molar-refractivity contribution in [3.63, 3.8) is 0 Å². The molecule has 0 spiro atoms. The highest BCUT2D eigenvalue weighted by Crippen LogP contribution is 2.33. The summed E-state index contributed by atoms with van der Waals surface area (Å²) in [5.74, 6) is -0.661. The van der Waals surface area contributed by atoms with Crippen LogP contribution in [-0.2, 0) is 4.79 Å². The lowest BCUT2D eigenvalue weighted by atomic mass is 10.1. The first-order valence-electron chi connectivity index (χ1n) is 7.40. The first-order chi connectivity index (χ1) is 12.4. The van der Waals surface area contributed by atoms with Crippen molar-refractivity contribution >= 4 is 46.6 Å². The average molecular weight is 390 g/mol. The molecule has 132 valence electrons. The number of thioether (sulfide) groups is 1. The minimum absolute atomic E-state index is 0.00177. The SMILES string of the molecule is C=CCN1C(=O)S/C(=C\c2ccc(-c3ccc(C(=O)O)c(Cl)c3)o2)C1=O. The van der Waals surface area contributed by atoms with Gasteiger partial charge in [0, 0.05) is 18.2 Å². The molecule has 6 nitrogen and oxygen atoms in total. The second kappa shape index (κ2) is 7.23. The fourth-order valence-electron chi connectivity index (χ4n) is 2.34. The standard InChI is InChI=1S/C18H12ClNO5S/c1-2-7-20-16(21)15(26-18(20)24)9-11-4-6-14(25-11)10-3-5-12(17(22)23)13(19)8-10/h2-6,8-9H,1,7H2,(H,22,23)/b15-9-. The van der Waals surface area contributed by atoms with Gasteiger partial charge in [0.2, 0.25) is 0 Å². The molecule has 0 saturated carbocycles. The van der Waals surface area contributed by atoms with Crippen LogP contribution >= 0.6 is 23.4 Å². The van der Waals surface area contributed by atoms with Crippen LogP contribution in [0.2, 0.25) is 5.02 Å². The third kappa shape index (κ3) is 3.44. The van der Waals surface area contributed by atoms with E-state index < -0.39 is 11.9 Å². The highest BCUT2D eigenvalue weighted by molar-refractivity contribution is 8.18. The Balaban J connectivity index is 1.86. The van der Waals surface area contributed by atoms with Crippen LogP contribution in [0.3, 0.4) is 0 Å². The second-order valence-corrected chi connectivity index (χ2v) is 6.68. The molecule has 1 aromatic heterocycles. The van der Waals surface area contributed by atoms with Crippen LogP contribution in [-0.4, -0.2) is 33.7 Å². The number of amides is 2. The van der Waals surface area contributed by atoms with Gasteiger partial charge >= 0.3 is 5.97 Å². The van der Waals surface area contributed by atoms with Crippen molar-refractivity contribution in [1.82, 2.24) is 4.90 Å². The molecule has 1 aliphatic heterocycles. The van der Waals surface area contributed by atoms with Crippen molar-refractivity contribution in [2.45, 2.75) is 0 Å². The first-order valence-corrected chi connectivity index (χ1v) is 8.59. The molecule has 1 aromatic carbocycles. The number of carboxylic acids is 1. The third-order valence-electron chi connectivity index (χ3n) is 3.57. The van der Waals surface area contributed by atoms with Gasteiger partial charge in [-0.05, 0) is 36.0 Å². The van der Waals surface area contributed by atoms with Gasteiger partial charge < -0.3 is 9.52 Å². The van der Waals surface area contributed by atoms with Crippen LogP contribution in [0.4, 0.5) is 4.79 Å². The summed E-state index contributed by atoms with van der Waals surface area (Å²) in [6.45, 7) is 3.67. The summed E-state index contributed by atoms with van der Waals surface area (Å²) in [5.41, 5.74) is 0.595. The van der Waals surface area contributed by atoms with Gasteiger partial charge in [0.15, 0.2) is 0 Å². The van der Waals surface area contributed by atoms with E-state index in [1.807, 2.05) is 0 Å². The number of nitrogens with zero attached hydrogens (tertiary/aromatic N) is 1. The number of imide groups is 1. The lowest BCUT2D eigenvalue weighted by Gasteiger charge is -2.07. The first kappa shape index (κ1) is 18.0. The fraction of sp³-hybridized carbons (Fsp3) is 0.0556. The van der Waals surface area contributed by atoms with Crippen LogP contribution < -0.4 is 0 Å². The van der Waals surface area contributed by atoms with E-state index in [1.165, 1.54) is 24.3 Å². The molecular formula is C18H12ClNO5S. The number of carboxylic acid groups (broad SMARTS) is 1. The Hall–Kier alpha value is -2.77. The zero-order valence-corrected chi connectivity index (χ0v) is 14.8. The quantitative estimate of drug-likeness (QED) is 0.597. The van der Waals surface area contributed by atoms with Gasteiger partial charge in [0.1, 0.15) is 11.5 Å². The predicted molar refractivity (Wildman–Crippen MR) is 99.0 cm³/mol. The maximum Gasteiger partial charge on any atom is 0.337 e. The van der Waals surface area contributed by atoms with Crippen molar-refractivity contribution in [2.75, 3.05) is 6.54 Å². The average Bonchev–Trinajstić information content (AvgIpc) is 3.15. The third-order valence-corrected chi connectivity index (χ3v) is 4.79. The molecule has 0 unspecified atom stereocenters. The normalized spacial score (nSPS) is 15.7. The number of furan rings is 1. The Morgan fingerprint density at radius 2 is 2.08 bits per heavy atom. The molecule has 0 bridgehead atoms. The molecule has 0 aliphatic carbocycles. The topological polar surface area (TPSA) is 87.8 Å². The van der Waals surface area contributed by atoms with Crippen molar-refractivity contribution < 1.29 is 23.9 Å². The zero-order chi connectivity index (χ0) is 18.8. The number of hydrogen-bond acceptors (Lipinski definition) is 5. The molecule has 0 atom stereocenters. The Morgan fingerprint density at radius 3 is 2.73 bits per heavy atom. The molecule has 2 heterocycles. The second-order valence-electron chi connectivity index (χ2n) is 5.28. The molecule has 8 heteroatoms. The molecule has 2 aromatic rings. The summed E-state index contributed by atoms with van der Waals surface area (Å²) in [7, 11) is 0. The summed E-state index contributed by atoms with van der Waals surface area (Å²) in [4.78, 5) is 36.4. The van der Waals surface area contributed by atoms with Gasteiger partial charge in [-0.15, -0.1) is 6.58 Å². The van der Waals surface area contributed by atoms with Crippen LogP contribution in [0.15, 0.2) is 52.3 Å². The summed E-state index contributed by atoms with van der Waals surface area (Å²) in [5, 5.41) is 8.75. The number of benzene rings is 1. The van der Waals surface area contributed by atoms with Crippen molar-refractivity contribution in [2.24, 2.45) is 0 Å². The van der Waals surface area contributed by atoms with E-state index in [4.69, 9.17) is 21.1 Å². The molecule has 1 fully saturated rings. The van der Waals surface area contributed by atoms with Gasteiger partial charge in [-0.3, -0.25) is 14.5 Å². The van der Waals surface area contributed by atoms with E-state index in [0.717, 1.165) is 16.7 Å². The molecule has 0 radical (unpaired) electrons. The Kier molecular flexibility index (Phi) is 5.01. The number of carbonyl (C=O) groups is 3. The number of hydrogen-bond donors (Lipinski definition) is 1. The molecule has 26 heavy (non-hydrogen) atoms. The van der Waals surface area contributed by atoms with E-state index in [1.54, 1.807) is 18.2 Å².